The Morgan fingerprint density at radius 3 is 2.29 bits per heavy atom. The fourth-order valence-corrected chi connectivity index (χ4v) is 2.51. The number of Topliss-reactive ketones (excluding diaryl/α,β-unsaturated/α-hetero) is 1. The van der Waals surface area contributed by atoms with E-state index in [1.165, 1.54) is 18.2 Å². The lowest BCUT2D eigenvalue weighted by Crippen LogP contribution is -2.26. The predicted molar refractivity (Wildman–Crippen MR) is 61.6 cm³/mol. The van der Waals surface area contributed by atoms with E-state index in [0.29, 0.717) is 0 Å². The number of benzene rings is 1. The molecular weight excluding hydrogens is 222 g/mol. The van der Waals surface area contributed by atoms with E-state index in [1.807, 2.05) is 6.92 Å². The van der Waals surface area contributed by atoms with Crippen LogP contribution in [0.3, 0.4) is 0 Å². The summed E-state index contributed by atoms with van der Waals surface area (Å²) in [4.78, 5) is 12.1. The Labute approximate surface area is 99.8 Å². The quantitative estimate of drug-likeness (QED) is 0.785. The molecule has 0 N–H and O–H groups in total. The van der Waals surface area contributed by atoms with Crippen LogP contribution in [0, 0.1) is 17.0 Å². The standard InChI is InChI=1S/C14H16F2O/c1-14(7-2-3-8-14)13(17)9-10-11(15)5-4-6-12(10)16/h4-6H,2-3,7-9H2,1H3. The molecule has 17 heavy (non-hydrogen) atoms. The molecule has 0 unspecified atom stereocenters. The molecule has 1 saturated carbocycles. The van der Waals surface area contributed by atoms with E-state index in [1.54, 1.807) is 0 Å². The van der Waals surface area contributed by atoms with E-state index < -0.39 is 11.6 Å². The molecule has 1 aromatic carbocycles. The molecule has 0 aliphatic heterocycles. The summed E-state index contributed by atoms with van der Waals surface area (Å²) >= 11 is 0. The first-order valence-electron chi connectivity index (χ1n) is 5.99. The smallest absolute Gasteiger partial charge is 0.143 e. The van der Waals surface area contributed by atoms with Crippen LogP contribution >= 0.6 is 0 Å². The van der Waals surface area contributed by atoms with Gasteiger partial charge in [-0.05, 0) is 25.0 Å². The molecule has 0 heterocycles. The molecule has 92 valence electrons. The second-order valence-electron chi connectivity index (χ2n) is 5.07. The van der Waals surface area contributed by atoms with Gasteiger partial charge in [-0.2, -0.15) is 0 Å². The van der Waals surface area contributed by atoms with E-state index in [4.69, 9.17) is 0 Å². The van der Waals surface area contributed by atoms with Crippen LogP contribution in [-0.4, -0.2) is 5.78 Å². The van der Waals surface area contributed by atoms with Crippen LogP contribution in [0.5, 0.6) is 0 Å². The maximum atomic E-state index is 13.4. The molecule has 1 nitrogen and oxygen atoms in total. The lowest BCUT2D eigenvalue weighted by molar-refractivity contribution is -0.127. The van der Waals surface area contributed by atoms with Crippen molar-refractivity contribution in [2.75, 3.05) is 0 Å². The van der Waals surface area contributed by atoms with E-state index in [-0.39, 0.29) is 23.2 Å². The second-order valence-corrected chi connectivity index (χ2v) is 5.07. The van der Waals surface area contributed by atoms with Crippen molar-refractivity contribution in [3.8, 4) is 0 Å². The summed E-state index contributed by atoms with van der Waals surface area (Å²) < 4.78 is 26.9. The van der Waals surface area contributed by atoms with Crippen LogP contribution < -0.4 is 0 Å². The van der Waals surface area contributed by atoms with Crippen LogP contribution in [0.4, 0.5) is 8.78 Å². The zero-order chi connectivity index (χ0) is 12.5. The van der Waals surface area contributed by atoms with Gasteiger partial charge in [0.15, 0.2) is 0 Å². The van der Waals surface area contributed by atoms with Gasteiger partial charge in [0.2, 0.25) is 0 Å². The minimum atomic E-state index is -0.625. The zero-order valence-electron chi connectivity index (χ0n) is 9.93. The van der Waals surface area contributed by atoms with Crippen LogP contribution in [0.25, 0.3) is 0 Å². The first-order chi connectivity index (χ1) is 8.03. The predicted octanol–water partition coefficient (Wildman–Crippen LogP) is 3.66. The van der Waals surface area contributed by atoms with Crippen LogP contribution in [-0.2, 0) is 11.2 Å². The molecule has 1 fully saturated rings. The average Bonchev–Trinajstić information content (AvgIpc) is 2.72. The zero-order valence-corrected chi connectivity index (χ0v) is 9.93. The van der Waals surface area contributed by atoms with Gasteiger partial charge in [0.25, 0.3) is 0 Å². The van der Waals surface area contributed by atoms with Crippen molar-refractivity contribution in [2.45, 2.75) is 39.0 Å². The van der Waals surface area contributed by atoms with Gasteiger partial charge in [0, 0.05) is 17.4 Å². The number of ketones is 1. The third-order valence-corrected chi connectivity index (χ3v) is 3.78. The summed E-state index contributed by atoms with van der Waals surface area (Å²) in [6, 6.07) is 3.71. The molecule has 0 atom stereocenters. The molecular formula is C14H16F2O. The lowest BCUT2D eigenvalue weighted by atomic mass is 9.81. The van der Waals surface area contributed by atoms with Gasteiger partial charge in [-0.25, -0.2) is 8.78 Å². The van der Waals surface area contributed by atoms with Crippen molar-refractivity contribution in [1.29, 1.82) is 0 Å². The SMILES string of the molecule is CC1(C(=O)Cc2c(F)cccc2F)CCCC1. The van der Waals surface area contributed by atoms with Gasteiger partial charge in [-0.15, -0.1) is 0 Å². The third-order valence-electron chi connectivity index (χ3n) is 3.78. The van der Waals surface area contributed by atoms with Gasteiger partial charge >= 0.3 is 0 Å². The molecule has 0 saturated heterocycles. The summed E-state index contributed by atoms with van der Waals surface area (Å²) in [6.45, 7) is 1.90. The Bertz CT molecular complexity index is 414. The maximum Gasteiger partial charge on any atom is 0.143 e. The summed E-state index contributed by atoms with van der Waals surface area (Å²) in [5.74, 6) is -1.29. The topological polar surface area (TPSA) is 17.1 Å². The second kappa shape index (κ2) is 4.55. The Kier molecular flexibility index (Phi) is 3.27. The normalized spacial score (nSPS) is 18.3. The third kappa shape index (κ3) is 2.38. The van der Waals surface area contributed by atoms with Crippen molar-refractivity contribution >= 4 is 5.78 Å². The van der Waals surface area contributed by atoms with Gasteiger partial charge in [0.1, 0.15) is 17.4 Å². The molecule has 0 spiro atoms. The molecule has 1 aliphatic carbocycles. The van der Waals surface area contributed by atoms with Crippen molar-refractivity contribution in [1.82, 2.24) is 0 Å². The minimum Gasteiger partial charge on any atom is -0.299 e. The van der Waals surface area contributed by atoms with E-state index in [0.717, 1.165) is 25.7 Å². The highest BCUT2D eigenvalue weighted by atomic mass is 19.1. The Balaban J connectivity index is 2.18. The van der Waals surface area contributed by atoms with Gasteiger partial charge < -0.3 is 0 Å². The number of hydrogen-bond donors (Lipinski definition) is 0. The highest BCUT2D eigenvalue weighted by molar-refractivity contribution is 5.86. The van der Waals surface area contributed by atoms with Crippen molar-refractivity contribution in [3.63, 3.8) is 0 Å². The largest absolute Gasteiger partial charge is 0.299 e. The molecule has 1 aliphatic rings. The summed E-state index contributed by atoms with van der Waals surface area (Å²) in [6.07, 6.45) is 3.60. The Morgan fingerprint density at radius 2 is 1.76 bits per heavy atom. The molecule has 0 radical (unpaired) electrons. The van der Waals surface area contributed by atoms with E-state index >= 15 is 0 Å². The lowest BCUT2D eigenvalue weighted by Gasteiger charge is -2.21. The molecule has 2 rings (SSSR count). The fourth-order valence-electron chi connectivity index (χ4n) is 2.51. The highest BCUT2D eigenvalue weighted by Crippen LogP contribution is 2.39. The summed E-state index contributed by atoms with van der Waals surface area (Å²) in [7, 11) is 0. The van der Waals surface area contributed by atoms with E-state index in [9.17, 15) is 13.6 Å². The molecule has 3 heteroatoms. The molecule has 1 aromatic rings. The number of hydrogen-bond acceptors (Lipinski definition) is 1. The van der Waals surface area contributed by atoms with Gasteiger partial charge in [-0.1, -0.05) is 25.8 Å². The summed E-state index contributed by atoms with van der Waals surface area (Å²) in [5.41, 5.74) is -0.472. The fraction of sp³-hybridized carbons (Fsp3) is 0.500. The van der Waals surface area contributed by atoms with Crippen LogP contribution in [0.2, 0.25) is 0 Å². The van der Waals surface area contributed by atoms with Crippen LogP contribution in [0.15, 0.2) is 18.2 Å². The molecule has 0 amide bonds. The highest BCUT2D eigenvalue weighted by Gasteiger charge is 2.36. The summed E-state index contributed by atoms with van der Waals surface area (Å²) in [5, 5.41) is 0. The number of carbonyl (C=O) groups excluding carboxylic acids is 1. The Hall–Kier alpha value is -1.25. The van der Waals surface area contributed by atoms with Gasteiger partial charge in [-0.3, -0.25) is 4.79 Å². The Morgan fingerprint density at radius 1 is 1.24 bits per heavy atom. The number of halogens is 2. The molecule has 0 aromatic heterocycles. The van der Waals surface area contributed by atoms with Gasteiger partial charge in [0.05, 0.1) is 0 Å². The maximum absolute atomic E-state index is 13.4. The first-order valence-corrected chi connectivity index (χ1v) is 5.99. The van der Waals surface area contributed by atoms with Crippen molar-refractivity contribution in [3.05, 3.63) is 35.4 Å². The van der Waals surface area contributed by atoms with Crippen LogP contribution in [0.1, 0.15) is 38.2 Å². The van der Waals surface area contributed by atoms with Crippen molar-refractivity contribution in [2.24, 2.45) is 5.41 Å². The molecule has 0 bridgehead atoms. The number of carbonyl (C=O) groups is 1. The average molecular weight is 238 g/mol. The minimum absolute atomic E-state index is 0.0426. The monoisotopic (exact) mass is 238 g/mol. The van der Waals surface area contributed by atoms with E-state index in [2.05, 4.69) is 0 Å². The van der Waals surface area contributed by atoms with Crippen molar-refractivity contribution < 1.29 is 13.6 Å². The first kappa shape index (κ1) is 12.2. The number of rotatable bonds is 3.